The van der Waals surface area contributed by atoms with Crippen LogP contribution in [-0.4, -0.2) is 37.2 Å². The van der Waals surface area contributed by atoms with E-state index in [0.29, 0.717) is 24.1 Å². The molecule has 0 spiro atoms. The van der Waals surface area contributed by atoms with Crippen LogP contribution in [0, 0.1) is 0 Å². The van der Waals surface area contributed by atoms with E-state index in [1.165, 1.54) is 18.4 Å². The van der Waals surface area contributed by atoms with Gasteiger partial charge >= 0.3 is 0 Å². The first-order valence-electron chi connectivity index (χ1n) is 8.32. The molecule has 3 rings (SSSR count). The Morgan fingerprint density at radius 2 is 1.95 bits per heavy atom. The fourth-order valence-corrected chi connectivity index (χ4v) is 4.21. The number of piperidine rings is 1. The number of benzene rings is 1. The van der Waals surface area contributed by atoms with Crippen LogP contribution >= 0.6 is 0 Å². The summed E-state index contributed by atoms with van der Waals surface area (Å²) in [6.45, 7) is 4.19. The van der Waals surface area contributed by atoms with Gasteiger partial charge in [0.2, 0.25) is 0 Å². The molecule has 2 aliphatic rings. The van der Waals surface area contributed by atoms with Gasteiger partial charge < -0.3 is 10.5 Å². The molecule has 3 nitrogen and oxygen atoms in total. The number of ether oxygens (including phenoxy) is 1. The van der Waals surface area contributed by atoms with Crippen molar-refractivity contribution in [1.82, 2.24) is 4.90 Å². The van der Waals surface area contributed by atoms with Gasteiger partial charge in [0.15, 0.2) is 0 Å². The molecule has 2 N–H and O–H groups in total. The third-order valence-corrected chi connectivity index (χ3v) is 5.48. The minimum absolute atomic E-state index is 0.382. The van der Waals surface area contributed by atoms with E-state index in [2.05, 4.69) is 36.1 Å². The van der Waals surface area contributed by atoms with Crippen molar-refractivity contribution < 1.29 is 4.74 Å². The third-order valence-electron chi connectivity index (χ3n) is 5.48. The van der Waals surface area contributed by atoms with Crippen LogP contribution in [0.5, 0.6) is 0 Å². The summed E-state index contributed by atoms with van der Waals surface area (Å²) in [5.41, 5.74) is 9.14. The molecule has 4 unspecified atom stereocenters. The van der Waals surface area contributed by atoms with E-state index in [0.717, 1.165) is 25.9 Å². The molecule has 1 saturated heterocycles. The topological polar surface area (TPSA) is 38.5 Å². The van der Waals surface area contributed by atoms with Gasteiger partial charge in [0.1, 0.15) is 0 Å². The molecule has 1 fully saturated rings. The lowest BCUT2D eigenvalue weighted by Gasteiger charge is -2.46. The number of rotatable bonds is 3. The molecule has 0 saturated carbocycles. The van der Waals surface area contributed by atoms with E-state index in [4.69, 9.17) is 10.5 Å². The van der Waals surface area contributed by atoms with Crippen LogP contribution in [0.1, 0.15) is 55.7 Å². The molecular weight excluding hydrogens is 260 g/mol. The SMILES string of the molecule is COC1CCN(C2CCC(C)c3ccccc32)C(CN)C1. The van der Waals surface area contributed by atoms with E-state index in [-0.39, 0.29) is 0 Å². The second-order valence-electron chi connectivity index (χ2n) is 6.63. The number of hydrogen-bond acceptors (Lipinski definition) is 3. The average Bonchev–Trinajstić information content (AvgIpc) is 2.55. The zero-order valence-corrected chi connectivity index (χ0v) is 13.3. The number of nitrogens with two attached hydrogens (primary N) is 1. The van der Waals surface area contributed by atoms with Crippen molar-refractivity contribution >= 4 is 0 Å². The van der Waals surface area contributed by atoms with Crippen molar-refractivity contribution in [3.05, 3.63) is 35.4 Å². The minimum atomic E-state index is 0.382. The van der Waals surface area contributed by atoms with Gasteiger partial charge in [-0.1, -0.05) is 31.2 Å². The van der Waals surface area contributed by atoms with E-state index < -0.39 is 0 Å². The van der Waals surface area contributed by atoms with Crippen molar-refractivity contribution in [2.45, 2.75) is 56.7 Å². The Bertz CT molecular complexity index is 476. The Labute approximate surface area is 128 Å². The highest BCUT2D eigenvalue weighted by Crippen LogP contribution is 2.42. The summed E-state index contributed by atoms with van der Waals surface area (Å²) in [7, 11) is 1.82. The first-order valence-corrected chi connectivity index (χ1v) is 8.32. The Balaban J connectivity index is 1.85. The summed E-state index contributed by atoms with van der Waals surface area (Å²) in [5.74, 6) is 0.685. The normalized spacial score (nSPS) is 33.7. The highest BCUT2D eigenvalue weighted by atomic mass is 16.5. The van der Waals surface area contributed by atoms with Gasteiger partial charge in [-0.05, 0) is 42.7 Å². The number of likely N-dealkylation sites (tertiary alicyclic amines) is 1. The average molecular weight is 288 g/mol. The molecule has 4 atom stereocenters. The minimum Gasteiger partial charge on any atom is -0.381 e. The zero-order valence-electron chi connectivity index (χ0n) is 13.3. The molecule has 1 aromatic carbocycles. The van der Waals surface area contributed by atoms with E-state index in [1.54, 1.807) is 5.56 Å². The molecule has 0 bridgehead atoms. The maximum absolute atomic E-state index is 6.07. The monoisotopic (exact) mass is 288 g/mol. The Kier molecular flexibility index (Phi) is 4.63. The number of hydrogen-bond donors (Lipinski definition) is 1. The molecule has 116 valence electrons. The van der Waals surface area contributed by atoms with Gasteiger partial charge in [-0.25, -0.2) is 0 Å². The lowest BCUT2D eigenvalue weighted by molar-refractivity contribution is -0.00841. The summed E-state index contributed by atoms with van der Waals surface area (Å²) < 4.78 is 5.56. The van der Waals surface area contributed by atoms with Crippen LogP contribution in [-0.2, 0) is 4.74 Å². The summed E-state index contributed by atoms with van der Waals surface area (Å²) >= 11 is 0. The predicted molar refractivity (Wildman–Crippen MR) is 86.4 cm³/mol. The lowest BCUT2D eigenvalue weighted by atomic mass is 9.79. The largest absolute Gasteiger partial charge is 0.381 e. The second-order valence-corrected chi connectivity index (χ2v) is 6.63. The van der Waals surface area contributed by atoms with Gasteiger partial charge in [-0.3, -0.25) is 4.90 Å². The standard InChI is InChI=1S/C18H28N2O/c1-13-7-8-18(17-6-4-3-5-16(13)17)20-10-9-15(21-2)11-14(20)12-19/h3-6,13-15,18H,7-12,19H2,1-2H3. The summed E-state index contributed by atoms with van der Waals surface area (Å²) in [5, 5.41) is 0. The molecule has 1 aromatic rings. The molecule has 0 aromatic heterocycles. The van der Waals surface area contributed by atoms with Gasteiger partial charge in [0.05, 0.1) is 6.10 Å². The fourth-order valence-electron chi connectivity index (χ4n) is 4.21. The summed E-state index contributed by atoms with van der Waals surface area (Å²) in [4.78, 5) is 2.65. The van der Waals surface area contributed by atoms with Crippen LogP contribution < -0.4 is 5.73 Å². The van der Waals surface area contributed by atoms with E-state index in [9.17, 15) is 0 Å². The Morgan fingerprint density at radius 1 is 1.19 bits per heavy atom. The first kappa shape index (κ1) is 15.0. The van der Waals surface area contributed by atoms with Crippen LogP contribution in [0.15, 0.2) is 24.3 Å². The van der Waals surface area contributed by atoms with Crippen molar-refractivity contribution in [3.63, 3.8) is 0 Å². The summed E-state index contributed by atoms with van der Waals surface area (Å²) in [6.07, 6.45) is 5.12. The molecule has 3 heteroatoms. The maximum Gasteiger partial charge on any atom is 0.0599 e. The van der Waals surface area contributed by atoms with Crippen LogP contribution in [0.2, 0.25) is 0 Å². The predicted octanol–water partition coefficient (Wildman–Crippen LogP) is 3.06. The van der Waals surface area contributed by atoms with Crippen molar-refractivity contribution in [3.8, 4) is 0 Å². The van der Waals surface area contributed by atoms with Gasteiger partial charge in [-0.2, -0.15) is 0 Å². The van der Waals surface area contributed by atoms with Gasteiger partial charge in [0, 0.05) is 32.3 Å². The Morgan fingerprint density at radius 3 is 2.67 bits per heavy atom. The van der Waals surface area contributed by atoms with E-state index >= 15 is 0 Å². The maximum atomic E-state index is 6.07. The first-order chi connectivity index (χ1) is 10.2. The Hall–Kier alpha value is -0.900. The van der Waals surface area contributed by atoms with Crippen molar-refractivity contribution in [1.29, 1.82) is 0 Å². The van der Waals surface area contributed by atoms with Gasteiger partial charge in [-0.15, -0.1) is 0 Å². The lowest BCUT2D eigenvalue weighted by Crippen LogP contribution is -2.50. The van der Waals surface area contributed by atoms with Crippen LogP contribution in [0.3, 0.4) is 0 Å². The highest BCUT2D eigenvalue weighted by molar-refractivity contribution is 5.35. The van der Waals surface area contributed by atoms with Crippen LogP contribution in [0.25, 0.3) is 0 Å². The second kappa shape index (κ2) is 6.47. The molecule has 21 heavy (non-hydrogen) atoms. The number of fused-ring (bicyclic) bond motifs is 1. The molecule has 0 amide bonds. The highest BCUT2D eigenvalue weighted by Gasteiger charge is 2.35. The van der Waals surface area contributed by atoms with Gasteiger partial charge in [0.25, 0.3) is 0 Å². The fraction of sp³-hybridized carbons (Fsp3) is 0.667. The molecule has 1 aliphatic carbocycles. The molecule has 1 heterocycles. The number of nitrogens with zero attached hydrogens (tertiary/aromatic N) is 1. The zero-order chi connectivity index (χ0) is 14.8. The van der Waals surface area contributed by atoms with Crippen LogP contribution in [0.4, 0.5) is 0 Å². The molecular formula is C18H28N2O. The number of methoxy groups -OCH3 is 1. The third kappa shape index (κ3) is 2.87. The van der Waals surface area contributed by atoms with Crippen molar-refractivity contribution in [2.24, 2.45) is 5.73 Å². The molecule has 0 radical (unpaired) electrons. The molecule has 1 aliphatic heterocycles. The smallest absolute Gasteiger partial charge is 0.0599 e. The summed E-state index contributed by atoms with van der Waals surface area (Å²) in [6, 6.07) is 9.99. The van der Waals surface area contributed by atoms with Crippen molar-refractivity contribution in [2.75, 3.05) is 20.2 Å². The van der Waals surface area contributed by atoms with E-state index in [1.807, 2.05) is 7.11 Å². The quantitative estimate of drug-likeness (QED) is 0.929.